The van der Waals surface area contributed by atoms with E-state index in [1.165, 1.54) is 0 Å². The zero-order valence-electron chi connectivity index (χ0n) is 16.0. The maximum absolute atomic E-state index is 13.0. The summed E-state index contributed by atoms with van der Waals surface area (Å²) in [4.78, 5) is 16.7. The molecule has 2 saturated heterocycles. The second-order valence-electron chi connectivity index (χ2n) is 7.76. The van der Waals surface area contributed by atoms with Crippen LogP contribution in [-0.4, -0.2) is 55.9 Å². The zero-order valence-corrected chi connectivity index (χ0v) is 18.3. The Bertz CT molecular complexity index is 1040. The molecule has 0 saturated carbocycles. The van der Waals surface area contributed by atoms with Crippen LogP contribution in [-0.2, 0) is 21.1 Å². The third kappa shape index (κ3) is 4.31. The molecule has 1 amide bonds. The van der Waals surface area contributed by atoms with Gasteiger partial charge in [-0.3, -0.25) is 9.69 Å². The van der Waals surface area contributed by atoms with Gasteiger partial charge in [0.05, 0.1) is 24.1 Å². The molecule has 0 bridgehead atoms. The van der Waals surface area contributed by atoms with Crippen molar-refractivity contribution in [3.05, 3.63) is 63.6 Å². The first-order valence-corrected chi connectivity index (χ1v) is 12.1. The van der Waals surface area contributed by atoms with Gasteiger partial charge in [-0.05, 0) is 48.7 Å². The fourth-order valence-corrected chi connectivity index (χ4v) is 6.48. The molecule has 2 aromatic rings. The Morgan fingerprint density at radius 2 is 1.72 bits per heavy atom. The van der Waals surface area contributed by atoms with Crippen molar-refractivity contribution in [1.82, 2.24) is 4.90 Å². The Hall–Kier alpha value is -1.60. The van der Waals surface area contributed by atoms with E-state index >= 15 is 0 Å². The van der Waals surface area contributed by atoms with Crippen LogP contribution in [0.3, 0.4) is 0 Å². The third-order valence-electron chi connectivity index (χ3n) is 5.74. The first-order valence-electron chi connectivity index (χ1n) is 9.51. The molecule has 0 unspecified atom stereocenters. The maximum Gasteiger partial charge on any atom is 0.241 e. The minimum Gasteiger partial charge on any atom is -0.306 e. The van der Waals surface area contributed by atoms with Crippen LogP contribution < -0.4 is 4.90 Å². The Kier molecular flexibility index (Phi) is 5.64. The van der Waals surface area contributed by atoms with Gasteiger partial charge in [0.25, 0.3) is 0 Å². The molecule has 2 heterocycles. The normalized spacial score (nSPS) is 24.0. The average molecular weight is 453 g/mol. The predicted molar refractivity (Wildman–Crippen MR) is 117 cm³/mol. The number of carbonyl (C=O) groups excluding carboxylic acids is 1. The molecule has 29 heavy (non-hydrogen) atoms. The standard InChI is InChI=1S/C21H22Cl2N2O3S/c1-14-2-7-17(10-18(14)23)25-20-13-29(27,28)12-19(20)24(11-21(25)26)9-8-15-3-5-16(22)6-4-15/h2-7,10,19-20H,8-9,11-13H2,1H3/t19-,20+/m0/s1. The number of amides is 1. The molecule has 2 aliphatic rings. The lowest BCUT2D eigenvalue weighted by molar-refractivity contribution is -0.123. The molecule has 0 N–H and O–H groups in total. The van der Waals surface area contributed by atoms with Crippen LogP contribution in [0.4, 0.5) is 5.69 Å². The van der Waals surface area contributed by atoms with Crippen LogP contribution in [0.1, 0.15) is 11.1 Å². The lowest BCUT2D eigenvalue weighted by Gasteiger charge is -2.43. The summed E-state index contributed by atoms with van der Waals surface area (Å²) in [6.45, 7) is 2.70. The molecule has 154 valence electrons. The Morgan fingerprint density at radius 1 is 1.03 bits per heavy atom. The van der Waals surface area contributed by atoms with Crippen molar-refractivity contribution in [2.75, 3.05) is 29.5 Å². The number of piperazine rings is 1. The van der Waals surface area contributed by atoms with Crippen LogP contribution in [0.15, 0.2) is 42.5 Å². The fourth-order valence-electron chi connectivity index (χ4n) is 4.19. The van der Waals surface area contributed by atoms with Gasteiger partial charge in [0.15, 0.2) is 9.84 Å². The number of aryl methyl sites for hydroxylation is 1. The highest BCUT2D eigenvalue weighted by Gasteiger charge is 2.49. The molecule has 0 aliphatic carbocycles. The van der Waals surface area contributed by atoms with Crippen LogP contribution in [0.25, 0.3) is 0 Å². The number of hydrogen-bond acceptors (Lipinski definition) is 4. The number of anilines is 1. The molecule has 8 heteroatoms. The molecule has 2 atom stereocenters. The summed E-state index contributed by atoms with van der Waals surface area (Å²) in [5.41, 5.74) is 2.68. The van der Waals surface area contributed by atoms with Crippen molar-refractivity contribution >= 4 is 44.6 Å². The van der Waals surface area contributed by atoms with Crippen LogP contribution >= 0.6 is 23.2 Å². The summed E-state index contributed by atoms with van der Waals surface area (Å²) in [5.74, 6) is -0.0482. The number of halogens is 2. The lowest BCUT2D eigenvalue weighted by atomic mass is 10.0. The molecule has 2 fully saturated rings. The van der Waals surface area contributed by atoms with Gasteiger partial charge in [-0.25, -0.2) is 8.42 Å². The minimum atomic E-state index is -3.22. The SMILES string of the molecule is Cc1ccc(N2C(=O)CN(CCc3ccc(Cl)cc3)[C@H]3CS(=O)(=O)C[C@H]32)cc1Cl. The molecule has 2 aliphatic heterocycles. The summed E-state index contributed by atoms with van der Waals surface area (Å²) in [7, 11) is -3.22. The third-order valence-corrected chi connectivity index (χ3v) is 8.09. The maximum atomic E-state index is 13.0. The van der Waals surface area contributed by atoms with E-state index in [4.69, 9.17) is 23.2 Å². The van der Waals surface area contributed by atoms with E-state index < -0.39 is 15.9 Å². The summed E-state index contributed by atoms with van der Waals surface area (Å²) in [5, 5.41) is 1.24. The molecule has 0 radical (unpaired) electrons. The average Bonchev–Trinajstić information content (AvgIpc) is 2.98. The molecular formula is C21H22Cl2N2O3S. The Balaban J connectivity index is 1.59. The van der Waals surface area contributed by atoms with E-state index in [0.717, 1.165) is 17.5 Å². The molecule has 5 nitrogen and oxygen atoms in total. The molecule has 2 aromatic carbocycles. The highest BCUT2D eigenvalue weighted by atomic mass is 35.5. The summed E-state index contributed by atoms with van der Waals surface area (Å²) in [6.07, 6.45) is 0.726. The van der Waals surface area contributed by atoms with Crippen molar-refractivity contribution < 1.29 is 13.2 Å². The van der Waals surface area contributed by atoms with Gasteiger partial charge in [-0.1, -0.05) is 41.4 Å². The number of rotatable bonds is 4. The van der Waals surface area contributed by atoms with Crippen molar-refractivity contribution in [1.29, 1.82) is 0 Å². The van der Waals surface area contributed by atoms with Gasteiger partial charge in [0.1, 0.15) is 0 Å². The van der Waals surface area contributed by atoms with Crippen LogP contribution in [0, 0.1) is 6.92 Å². The Labute approximate surface area is 181 Å². The monoisotopic (exact) mass is 452 g/mol. The number of hydrogen-bond donors (Lipinski definition) is 0. The van der Waals surface area contributed by atoms with Crippen molar-refractivity contribution in [3.8, 4) is 0 Å². The highest BCUT2D eigenvalue weighted by Crippen LogP contribution is 2.33. The fraction of sp³-hybridized carbons (Fsp3) is 0.381. The van der Waals surface area contributed by atoms with E-state index in [1.807, 2.05) is 48.2 Å². The minimum absolute atomic E-state index is 0.0215. The van der Waals surface area contributed by atoms with E-state index in [2.05, 4.69) is 0 Å². The molecule has 0 aromatic heterocycles. The second kappa shape index (κ2) is 7.91. The summed E-state index contributed by atoms with van der Waals surface area (Å²) < 4.78 is 24.9. The van der Waals surface area contributed by atoms with Gasteiger partial charge >= 0.3 is 0 Å². The van der Waals surface area contributed by atoms with Gasteiger partial charge in [-0.15, -0.1) is 0 Å². The van der Waals surface area contributed by atoms with E-state index in [0.29, 0.717) is 22.3 Å². The Morgan fingerprint density at radius 3 is 2.41 bits per heavy atom. The van der Waals surface area contributed by atoms with Gasteiger partial charge < -0.3 is 4.90 Å². The van der Waals surface area contributed by atoms with Crippen molar-refractivity contribution in [2.45, 2.75) is 25.4 Å². The van der Waals surface area contributed by atoms with E-state index in [-0.39, 0.29) is 30.0 Å². The van der Waals surface area contributed by atoms with Crippen LogP contribution in [0.2, 0.25) is 10.0 Å². The smallest absolute Gasteiger partial charge is 0.241 e. The van der Waals surface area contributed by atoms with Crippen molar-refractivity contribution in [3.63, 3.8) is 0 Å². The molecule has 4 rings (SSSR count). The number of nitrogens with zero attached hydrogens (tertiary/aromatic N) is 2. The second-order valence-corrected chi connectivity index (χ2v) is 10.8. The molecular weight excluding hydrogens is 431 g/mol. The van der Waals surface area contributed by atoms with Gasteiger partial charge in [0.2, 0.25) is 5.91 Å². The number of sulfone groups is 1. The number of carbonyl (C=O) groups is 1. The summed E-state index contributed by atoms with van der Waals surface area (Å²) >= 11 is 12.2. The van der Waals surface area contributed by atoms with Crippen molar-refractivity contribution in [2.24, 2.45) is 0 Å². The zero-order chi connectivity index (χ0) is 20.8. The largest absolute Gasteiger partial charge is 0.306 e. The number of benzene rings is 2. The van der Waals surface area contributed by atoms with E-state index in [1.54, 1.807) is 11.0 Å². The summed E-state index contributed by atoms with van der Waals surface area (Å²) in [6, 6.07) is 12.4. The quantitative estimate of drug-likeness (QED) is 0.713. The first-order chi connectivity index (χ1) is 13.7. The van der Waals surface area contributed by atoms with Crippen LogP contribution in [0.5, 0.6) is 0 Å². The highest BCUT2D eigenvalue weighted by molar-refractivity contribution is 7.91. The molecule has 0 spiro atoms. The first kappa shape index (κ1) is 20.7. The van der Waals surface area contributed by atoms with Gasteiger partial charge in [0, 0.05) is 28.3 Å². The predicted octanol–water partition coefficient (Wildman–Crippen LogP) is 3.36. The topological polar surface area (TPSA) is 57.7 Å². The lowest BCUT2D eigenvalue weighted by Crippen LogP contribution is -2.62. The number of fused-ring (bicyclic) bond motifs is 1. The van der Waals surface area contributed by atoms with E-state index in [9.17, 15) is 13.2 Å². The van der Waals surface area contributed by atoms with Gasteiger partial charge in [-0.2, -0.15) is 0 Å².